The molecule has 4 aromatic carbocycles. The number of hydrogen-bond acceptors (Lipinski definition) is 0. The van der Waals surface area contributed by atoms with Crippen molar-refractivity contribution in [1.29, 1.82) is 0 Å². The minimum Gasteiger partial charge on any atom is -0.147 e. The second-order valence-electron chi connectivity index (χ2n) is 6.65. The summed E-state index contributed by atoms with van der Waals surface area (Å²) < 4.78 is 0. The van der Waals surface area contributed by atoms with Gasteiger partial charge in [-0.15, -0.1) is 24.8 Å². The summed E-state index contributed by atoms with van der Waals surface area (Å²) in [7, 11) is -0.696. The molecule has 4 rings (SSSR count). The number of benzene rings is 4. The van der Waals surface area contributed by atoms with E-state index < -0.39 is 0 Å². The molecule has 0 aliphatic rings. The molecule has 0 heterocycles. The van der Waals surface area contributed by atoms with Gasteiger partial charge in [-0.05, 0) is 49.4 Å². The van der Waals surface area contributed by atoms with E-state index in [0.29, 0.717) is 0 Å². The fourth-order valence-electron chi connectivity index (χ4n) is 3.45. The van der Waals surface area contributed by atoms with Crippen LogP contribution in [-0.2, 0) is 16.5 Å². The number of hydrogen-bond donors (Lipinski definition) is 0. The maximum absolute atomic E-state index is 2.30. The predicted octanol–water partition coefficient (Wildman–Crippen LogP) is 6.09. The fourth-order valence-corrected chi connectivity index (χ4v) is 8.80. The second kappa shape index (κ2) is 14.8. The maximum Gasteiger partial charge on any atom is 0 e. The van der Waals surface area contributed by atoms with Crippen LogP contribution in [0.1, 0.15) is 0 Å². The zero-order valence-corrected chi connectivity index (χ0v) is 21.4. The van der Waals surface area contributed by atoms with Gasteiger partial charge in [0.1, 0.15) is 0 Å². The molecule has 5 heteroatoms. The van der Waals surface area contributed by atoms with Crippen molar-refractivity contribution < 1.29 is 16.5 Å². The van der Waals surface area contributed by atoms with Gasteiger partial charge in [0.05, 0.1) is 0 Å². The van der Waals surface area contributed by atoms with Crippen molar-refractivity contribution in [2.45, 2.75) is 0 Å². The summed E-state index contributed by atoms with van der Waals surface area (Å²) in [6, 6.07) is 44.2. The molecule has 0 aromatic heterocycles. The van der Waals surface area contributed by atoms with Gasteiger partial charge in [-0.3, -0.25) is 0 Å². The Morgan fingerprint density at radius 2 is 0.548 bits per heavy atom. The Kier molecular flexibility index (Phi) is 13.3. The van der Waals surface area contributed by atoms with Gasteiger partial charge in [-0.1, -0.05) is 121 Å². The SMILES string of the molecule is Cl.Cl.[Ni].c1ccc(P(CCP(c2ccccc2)c2ccccc2)c2ccccc2)cc1. The zero-order chi connectivity index (χ0) is 19.0. The quantitative estimate of drug-likeness (QED) is 0.201. The molecular formula is C26H26Cl2NiP2. The van der Waals surface area contributed by atoms with Crippen LogP contribution >= 0.6 is 40.7 Å². The third kappa shape index (κ3) is 7.72. The second-order valence-corrected chi connectivity index (χ2v) is 11.3. The van der Waals surface area contributed by atoms with Gasteiger partial charge in [0.25, 0.3) is 0 Å². The number of halogens is 2. The van der Waals surface area contributed by atoms with Crippen LogP contribution in [0.15, 0.2) is 121 Å². The molecule has 164 valence electrons. The molecule has 0 N–H and O–H groups in total. The summed E-state index contributed by atoms with van der Waals surface area (Å²) in [4.78, 5) is 0. The van der Waals surface area contributed by atoms with Crippen LogP contribution in [0.5, 0.6) is 0 Å². The molecule has 0 spiro atoms. The van der Waals surface area contributed by atoms with Crippen molar-refractivity contribution in [1.82, 2.24) is 0 Å². The molecule has 0 nitrogen and oxygen atoms in total. The molecule has 31 heavy (non-hydrogen) atoms. The monoisotopic (exact) mass is 528 g/mol. The first-order valence-electron chi connectivity index (χ1n) is 9.67. The normalized spacial score (nSPS) is 10.0. The van der Waals surface area contributed by atoms with Crippen molar-refractivity contribution in [2.24, 2.45) is 0 Å². The minimum atomic E-state index is -0.348. The summed E-state index contributed by atoms with van der Waals surface area (Å²) in [5, 5.41) is 5.89. The Bertz CT molecular complexity index is 809. The first-order chi connectivity index (χ1) is 13.9. The van der Waals surface area contributed by atoms with Crippen LogP contribution in [0, 0.1) is 0 Å². The third-order valence-electron chi connectivity index (χ3n) is 4.82. The topological polar surface area (TPSA) is 0 Å². The Balaban J connectivity index is 0.00000160. The maximum atomic E-state index is 2.30. The molecule has 0 unspecified atom stereocenters. The Morgan fingerprint density at radius 1 is 0.355 bits per heavy atom. The first-order valence-corrected chi connectivity index (χ1v) is 12.7. The van der Waals surface area contributed by atoms with Gasteiger partial charge in [0.2, 0.25) is 0 Å². The standard InChI is InChI=1S/C26H24P2.2ClH.Ni/c1-5-13-23(14-6-1)27(24-15-7-2-8-16-24)21-22-28(25-17-9-3-10-18-25)26-19-11-4-12-20-26;;;/h1-20H,21-22H2;2*1H;. The average molecular weight is 530 g/mol. The Morgan fingerprint density at radius 3 is 0.742 bits per heavy atom. The van der Waals surface area contributed by atoms with E-state index in [9.17, 15) is 0 Å². The Hall–Kier alpha value is -1.19. The molecule has 4 aromatic rings. The van der Waals surface area contributed by atoms with Crippen molar-refractivity contribution in [3.8, 4) is 0 Å². The fraction of sp³-hybridized carbons (Fsp3) is 0.0769. The summed E-state index contributed by atoms with van der Waals surface area (Å²) in [5.74, 6) is 0. The Labute approximate surface area is 211 Å². The average Bonchev–Trinajstić information content (AvgIpc) is 2.79. The molecule has 0 fully saturated rings. The van der Waals surface area contributed by atoms with E-state index in [1.165, 1.54) is 33.5 Å². The van der Waals surface area contributed by atoms with Gasteiger partial charge in [0, 0.05) is 16.5 Å². The number of rotatable bonds is 7. The largest absolute Gasteiger partial charge is 0.147 e. The first kappa shape index (κ1) is 27.8. The van der Waals surface area contributed by atoms with Gasteiger partial charge >= 0.3 is 0 Å². The van der Waals surface area contributed by atoms with Crippen LogP contribution in [0.2, 0.25) is 0 Å². The minimum absolute atomic E-state index is 0. The third-order valence-corrected chi connectivity index (χ3v) is 10.2. The molecule has 0 bridgehead atoms. The zero-order valence-electron chi connectivity index (χ0n) is 17.0. The van der Waals surface area contributed by atoms with E-state index in [-0.39, 0.29) is 57.1 Å². The van der Waals surface area contributed by atoms with Crippen molar-refractivity contribution >= 4 is 61.9 Å². The van der Waals surface area contributed by atoms with E-state index >= 15 is 0 Å². The summed E-state index contributed by atoms with van der Waals surface area (Å²) in [5.41, 5.74) is 0. The van der Waals surface area contributed by atoms with E-state index in [2.05, 4.69) is 121 Å². The summed E-state index contributed by atoms with van der Waals surface area (Å²) >= 11 is 0. The van der Waals surface area contributed by atoms with Crippen molar-refractivity contribution in [2.75, 3.05) is 12.3 Å². The van der Waals surface area contributed by atoms with Crippen LogP contribution in [0.4, 0.5) is 0 Å². The van der Waals surface area contributed by atoms with Crippen LogP contribution in [0.25, 0.3) is 0 Å². The van der Waals surface area contributed by atoms with Gasteiger partial charge in [-0.25, -0.2) is 0 Å². The van der Waals surface area contributed by atoms with E-state index in [0.717, 1.165) is 0 Å². The van der Waals surface area contributed by atoms with Crippen molar-refractivity contribution in [3.63, 3.8) is 0 Å². The van der Waals surface area contributed by atoms with E-state index in [1.54, 1.807) is 0 Å². The predicted molar refractivity (Wildman–Crippen MR) is 142 cm³/mol. The van der Waals surface area contributed by atoms with Gasteiger partial charge < -0.3 is 0 Å². The van der Waals surface area contributed by atoms with Crippen molar-refractivity contribution in [3.05, 3.63) is 121 Å². The summed E-state index contributed by atoms with van der Waals surface area (Å²) in [6.07, 6.45) is 2.41. The van der Waals surface area contributed by atoms with E-state index in [4.69, 9.17) is 0 Å². The van der Waals surface area contributed by atoms with Gasteiger partial charge in [-0.2, -0.15) is 0 Å². The molecule has 0 aliphatic heterocycles. The van der Waals surface area contributed by atoms with Gasteiger partial charge in [0.15, 0.2) is 0 Å². The van der Waals surface area contributed by atoms with Crippen LogP contribution in [-0.4, -0.2) is 12.3 Å². The van der Waals surface area contributed by atoms with Crippen LogP contribution in [0.3, 0.4) is 0 Å². The van der Waals surface area contributed by atoms with E-state index in [1.807, 2.05) is 0 Å². The molecule has 0 amide bonds. The molecule has 0 aliphatic carbocycles. The smallest absolute Gasteiger partial charge is 0 e. The summed E-state index contributed by atoms with van der Waals surface area (Å²) in [6.45, 7) is 0. The van der Waals surface area contributed by atoms with Crippen LogP contribution < -0.4 is 21.2 Å². The molecule has 0 radical (unpaired) electrons. The molecular weight excluding hydrogens is 504 g/mol. The molecule has 0 saturated carbocycles. The molecule has 0 saturated heterocycles. The molecule has 0 atom stereocenters.